The Morgan fingerprint density at radius 1 is 1.50 bits per heavy atom. The third-order valence-corrected chi connectivity index (χ3v) is 2.21. The Bertz CT molecular complexity index is 198. The molecule has 3 heteroatoms. The van der Waals surface area contributed by atoms with Gasteiger partial charge in [-0.05, 0) is 6.92 Å². The van der Waals surface area contributed by atoms with Crippen molar-refractivity contribution in [2.24, 2.45) is 11.5 Å². The second kappa shape index (κ2) is 3.85. The third-order valence-electron chi connectivity index (χ3n) is 2.21. The fourth-order valence-electron chi connectivity index (χ4n) is 1.27. The fourth-order valence-corrected chi connectivity index (χ4v) is 1.27. The molecule has 1 aliphatic rings. The minimum absolute atomic E-state index is 0.0362. The molecule has 2 atom stereocenters. The molecule has 0 aromatic heterocycles. The van der Waals surface area contributed by atoms with Crippen molar-refractivity contribution in [1.82, 2.24) is 5.32 Å². The minimum Gasteiger partial charge on any atom is -0.329 e. The van der Waals surface area contributed by atoms with Crippen LogP contribution in [0.15, 0.2) is 24.3 Å². The molecule has 5 N–H and O–H groups in total. The Labute approximate surface area is 73.5 Å². The normalized spacial score (nSPS) is 34.1. The van der Waals surface area contributed by atoms with Crippen LogP contribution in [0.3, 0.4) is 0 Å². The quantitative estimate of drug-likeness (QED) is 0.543. The van der Waals surface area contributed by atoms with Crippen LogP contribution >= 0.6 is 0 Å². The van der Waals surface area contributed by atoms with Gasteiger partial charge in [0.2, 0.25) is 0 Å². The van der Waals surface area contributed by atoms with E-state index in [0.29, 0.717) is 6.54 Å². The van der Waals surface area contributed by atoms with Crippen LogP contribution in [0.25, 0.3) is 0 Å². The lowest BCUT2D eigenvalue weighted by molar-refractivity contribution is 0.400. The van der Waals surface area contributed by atoms with E-state index in [1.165, 1.54) is 0 Å². The molecule has 1 aliphatic carbocycles. The molecule has 0 aliphatic heterocycles. The molecule has 2 unspecified atom stereocenters. The second-order valence-electron chi connectivity index (χ2n) is 3.27. The van der Waals surface area contributed by atoms with Crippen LogP contribution in [-0.4, -0.2) is 24.7 Å². The second-order valence-corrected chi connectivity index (χ2v) is 3.27. The van der Waals surface area contributed by atoms with Gasteiger partial charge in [0.15, 0.2) is 0 Å². The highest BCUT2D eigenvalue weighted by molar-refractivity contribution is 5.25. The number of hydrogen-bond donors (Lipinski definition) is 3. The molecule has 0 saturated carbocycles. The predicted octanol–water partition coefficient (Wildman–Crippen LogP) is -0.253. The Morgan fingerprint density at radius 2 is 2.25 bits per heavy atom. The van der Waals surface area contributed by atoms with E-state index in [1.54, 1.807) is 0 Å². The Hall–Kier alpha value is -0.640. The molecular formula is C9H17N3. The summed E-state index contributed by atoms with van der Waals surface area (Å²) in [5, 5.41) is 3.31. The number of rotatable bonds is 3. The molecular weight excluding hydrogens is 150 g/mol. The Morgan fingerprint density at radius 3 is 2.83 bits per heavy atom. The van der Waals surface area contributed by atoms with Gasteiger partial charge in [-0.3, -0.25) is 0 Å². The molecule has 1 rings (SSSR count). The summed E-state index contributed by atoms with van der Waals surface area (Å²) in [7, 11) is 0. The van der Waals surface area contributed by atoms with Crippen LogP contribution in [0.2, 0.25) is 0 Å². The topological polar surface area (TPSA) is 64.1 Å². The molecule has 0 spiro atoms. The van der Waals surface area contributed by atoms with E-state index in [-0.39, 0.29) is 11.6 Å². The molecule has 68 valence electrons. The van der Waals surface area contributed by atoms with Crippen LogP contribution < -0.4 is 16.8 Å². The maximum atomic E-state index is 5.91. The maximum Gasteiger partial charge on any atom is 0.0529 e. The summed E-state index contributed by atoms with van der Waals surface area (Å²) in [6, 6.07) is 0.0362. The average Bonchev–Trinajstić information content (AvgIpc) is 2.07. The van der Waals surface area contributed by atoms with Crippen molar-refractivity contribution in [2.75, 3.05) is 13.1 Å². The van der Waals surface area contributed by atoms with Crippen LogP contribution in [0.1, 0.15) is 6.92 Å². The van der Waals surface area contributed by atoms with Crippen molar-refractivity contribution in [3.8, 4) is 0 Å². The van der Waals surface area contributed by atoms with Crippen molar-refractivity contribution in [3.63, 3.8) is 0 Å². The molecule has 0 heterocycles. The minimum atomic E-state index is -0.131. The number of hydrogen-bond acceptors (Lipinski definition) is 3. The molecule has 0 bridgehead atoms. The number of allylic oxidation sites excluding steroid dienone is 2. The standard InChI is InChI=1S/C9H17N3/c1-9(12-7-6-10)5-3-2-4-8(9)11/h2-5,8,12H,6-7,10-11H2,1H3. The van der Waals surface area contributed by atoms with Gasteiger partial charge in [0.25, 0.3) is 0 Å². The van der Waals surface area contributed by atoms with E-state index in [4.69, 9.17) is 11.5 Å². The van der Waals surface area contributed by atoms with Gasteiger partial charge in [-0.2, -0.15) is 0 Å². The molecule has 3 nitrogen and oxygen atoms in total. The first kappa shape index (κ1) is 9.45. The van der Waals surface area contributed by atoms with Gasteiger partial charge in [0.05, 0.1) is 5.54 Å². The highest BCUT2D eigenvalue weighted by Crippen LogP contribution is 2.15. The lowest BCUT2D eigenvalue weighted by Gasteiger charge is -2.33. The van der Waals surface area contributed by atoms with Crippen molar-refractivity contribution in [1.29, 1.82) is 0 Å². The van der Waals surface area contributed by atoms with Crippen molar-refractivity contribution < 1.29 is 0 Å². The number of nitrogens with one attached hydrogen (secondary N) is 1. The zero-order chi connectivity index (χ0) is 9.03. The predicted molar refractivity (Wildman–Crippen MR) is 51.7 cm³/mol. The molecule has 0 radical (unpaired) electrons. The number of nitrogens with two attached hydrogens (primary N) is 2. The first-order valence-corrected chi connectivity index (χ1v) is 4.26. The molecule has 0 saturated heterocycles. The lowest BCUT2D eigenvalue weighted by Crippen LogP contribution is -2.55. The summed E-state index contributed by atoms with van der Waals surface area (Å²) in [4.78, 5) is 0. The smallest absolute Gasteiger partial charge is 0.0529 e. The van der Waals surface area contributed by atoms with E-state index in [2.05, 4.69) is 18.3 Å². The zero-order valence-electron chi connectivity index (χ0n) is 7.46. The molecule has 0 aromatic rings. The van der Waals surface area contributed by atoms with Crippen LogP contribution in [0.4, 0.5) is 0 Å². The highest BCUT2D eigenvalue weighted by atomic mass is 15.0. The zero-order valence-corrected chi connectivity index (χ0v) is 7.46. The molecule has 0 amide bonds. The highest BCUT2D eigenvalue weighted by Gasteiger charge is 2.27. The largest absolute Gasteiger partial charge is 0.329 e. The Balaban J connectivity index is 2.57. The van der Waals surface area contributed by atoms with E-state index in [9.17, 15) is 0 Å². The van der Waals surface area contributed by atoms with Gasteiger partial charge in [-0.25, -0.2) is 0 Å². The van der Waals surface area contributed by atoms with E-state index < -0.39 is 0 Å². The SMILES string of the molecule is CC1(NCCN)C=CC=CC1N. The van der Waals surface area contributed by atoms with Crippen LogP contribution in [0, 0.1) is 0 Å². The van der Waals surface area contributed by atoms with Crippen molar-refractivity contribution in [3.05, 3.63) is 24.3 Å². The maximum absolute atomic E-state index is 5.91. The van der Waals surface area contributed by atoms with Gasteiger partial charge in [0, 0.05) is 19.1 Å². The van der Waals surface area contributed by atoms with E-state index in [1.807, 2.05) is 18.2 Å². The third kappa shape index (κ3) is 1.94. The molecule has 0 fully saturated rings. The summed E-state index contributed by atoms with van der Waals surface area (Å²) < 4.78 is 0. The van der Waals surface area contributed by atoms with E-state index >= 15 is 0 Å². The summed E-state index contributed by atoms with van der Waals surface area (Å²) >= 11 is 0. The van der Waals surface area contributed by atoms with Gasteiger partial charge in [-0.15, -0.1) is 0 Å². The van der Waals surface area contributed by atoms with Crippen molar-refractivity contribution in [2.45, 2.75) is 18.5 Å². The molecule has 0 aromatic carbocycles. The van der Waals surface area contributed by atoms with E-state index in [0.717, 1.165) is 6.54 Å². The average molecular weight is 167 g/mol. The van der Waals surface area contributed by atoms with Crippen LogP contribution in [-0.2, 0) is 0 Å². The van der Waals surface area contributed by atoms with Gasteiger partial charge in [-0.1, -0.05) is 24.3 Å². The van der Waals surface area contributed by atoms with Crippen LogP contribution in [0.5, 0.6) is 0 Å². The Kier molecular flexibility index (Phi) is 3.03. The monoisotopic (exact) mass is 167 g/mol. The summed E-state index contributed by atoms with van der Waals surface area (Å²) in [5.74, 6) is 0. The van der Waals surface area contributed by atoms with Gasteiger partial charge < -0.3 is 16.8 Å². The molecule has 12 heavy (non-hydrogen) atoms. The first-order valence-electron chi connectivity index (χ1n) is 4.26. The van der Waals surface area contributed by atoms with Gasteiger partial charge >= 0.3 is 0 Å². The first-order chi connectivity index (χ1) is 5.69. The van der Waals surface area contributed by atoms with Crippen molar-refractivity contribution >= 4 is 0 Å². The summed E-state index contributed by atoms with van der Waals surface area (Å²) in [6.07, 6.45) is 8.04. The summed E-state index contributed by atoms with van der Waals surface area (Å²) in [6.45, 7) is 3.51. The fraction of sp³-hybridized carbons (Fsp3) is 0.556. The van der Waals surface area contributed by atoms with Gasteiger partial charge in [0.1, 0.15) is 0 Å². The lowest BCUT2D eigenvalue weighted by atomic mass is 9.89. The summed E-state index contributed by atoms with van der Waals surface area (Å²) in [5.41, 5.74) is 11.2.